The first kappa shape index (κ1) is 19.2. The second-order valence-corrected chi connectivity index (χ2v) is 7.70. The summed E-state index contributed by atoms with van der Waals surface area (Å²) in [4.78, 5) is 26.0. The van der Waals surface area contributed by atoms with E-state index < -0.39 is 10.0 Å². The van der Waals surface area contributed by atoms with Crippen molar-refractivity contribution in [3.63, 3.8) is 0 Å². The number of carbonyl (C=O) groups excluding carboxylic acids is 2. The normalized spacial score (nSPS) is 17.8. The zero-order valence-corrected chi connectivity index (χ0v) is 15.1. The number of sulfonamides is 1. The van der Waals surface area contributed by atoms with Crippen molar-refractivity contribution in [1.82, 2.24) is 10.2 Å². The maximum atomic E-state index is 12.7. The fraction of sp³-hybridized carbons (Fsp3) is 0.500. The van der Waals surface area contributed by atoms with E-state index in [1.807, 2.05) is 0 Å². The van der Waals surface area contributed by atoms with Crippen molar-refractivity contribution in [3.8, 4) is 0 Å². The highest BCUT2D eigenvalue weighted by Gasteiger charge is 2.29. The summed E-state index contributed by atoms with van der Waals surface area (Å²) >= 11 is 0. The fourth-order valence-corrected chi connectivity index (χ4v) is 3.15. The van der Waals surface area contributed by atoms with Crippen molar-refractivity contribution >= 4 is 27.5 Å². The molecule has 1 aromatic rings. The van der Waals surface area contributed by atoms with Gasteiger partial charge in [0.05, 0.1) is 25.0 Å². The van der Waals surface area contributed by atoms with Crippen LogP contribution in [0, 0.1) is 0 Å². The van der Waals surface area contributed by atoms with Crippen molar-refractivity contribution in [2.24, 2.45) is 0 Å². The van der Waals surface area contributed by atoms with Crippen molar-refractivity contribution in [2.45, 2.75) is 19.4 Å². The molecular formula is C16H23N3O5S. The van der Waals surface area contributed by atoms with E-state index in [2.05, 4.69) is 10.0 Å². The number of carbonyl (C=O) groups is 2. The number of anilines is 1. The quantitative estimate of drug-likeness (QED) is 0.756. The number of amides is 2. The Labute approximate surface area is 147 Å². The number of hydrogen-bond acceptors (Lipinski definition) is 5. The van der Waals surface area contributed by atoms with Crippen LogP contribution < -0.4 is 10.0 Å². The zero-order chi connectivity index (χ0) is 18.4. The van der Waals surface area contributed by atoms with Crippen LogP contribution in [0.5, 0.6) is 0 Å². The number of ether oxygens (including phenoxy) is 1. The predicted molar refractivity (Wildman–Crippen MR) is 93.9 cm³/mol. The third-order valence-electron chi connectivity index (χ3n) is 3.97. The molecule has 2 rings (SSSR count). The first-order valence-electron chi connectivity index (χ1n) is 8.06. The largest absolute Gasteiger partial charge is 0.377 e. The van der Waals surface area contributed by atoms with Gasteiger partial charge in [-0.25, -0.2) is 8.42 Å². The zero-order valence-electron chi connectivity index (χ0n) is 14.3. The highest BCUT2D eigenvalue weighted by Crippen LogP contribution is 2.17. The average Bonchev–Trinajstić information content (AvgIpc) is 2.62. The molecule has 1 fully saturated rings. The molecule has 1 saturated heterocycles. The van der Waals surface area contributed by atoms with E-state index >= 15 is 0 Å². The summed E-state index contributed by atoms with van der Waals surface area (Å²) in [7, 11) is -1.81. The van der Waals surface area contributed by atoms with Crippen LogP contribution in [-0.4, -0.2) is 63.7 Å². The first-order chi connectivity index (χ1) is 11.9. The molecule has 8 nitrogen and oxygen atoms in total. The van der Waals surface area contributed by atoms with Crippen LogP contribution in [-0.2, 0) is 19.6 Å². The van der Waals surface area contributed by atoms with Gasteiger partial charge in [-0.3, -0.25) is 14.3 Å². The third-order valence-corrected chi connectivity index (χ3v) is 5.28. The number of hydrogen-bond donors (Lipinski definition) is 2. The van der Waals surface area contributed by atoms with E-state index in [-0.39, 0.29) is 30.0 Å². The Bertz CT molecular complexity index is 718. The van der Waals surface area contributed by atoms with E-state index in [0.717, 1.165) is 0 Å². The lowest BCUT2D eigenvalue weighted by Gasteiger charge is -2.35. The Morgan fingerprint density at radius 1 is 1.28 bits per heavy atom. The smallest absolute Gasteiger partial charge is 0.254 e. The van der Waals surface area contributed by atoms with Gasteiger partial charge in [0.25, 0.3) is 5.91 Å². The van der Waals surface area contributed by atoms with Gasteiger partial charge >= 0.3 is 0 Å². The molecule has 138 valence electrons. The second kappa shape index (κ2) is 8.30. The maximum absolute atomic E-state index is 12.7. The van der Waals surface area contributed by atoms with Gasteiger partial charge in [0.15, 0.2) is 0 Å². The first-order valence-corrected chi connectivity index (χ1v) is 9.71. The number of nitrogens with zero attached hydrogens (tertiary/aromatic N) is 1. The standard InChI is InChI=1S/C16H23N3O5S/c1-3-25(22,23)18-13-6-4-12(5-7-13)16(21)19-8-9-24-11-14(19)10-15(20)17-2/h4-7,14,18H,3,8-11H2,1-2H3,(H,17,20)/t14-/m0/s1. The minimum absolute atomic E-state index is 0.0252. The van der Waals surface area contributed by atoms with Crippen LogP contribution in [0.2, 0.25) is 0 Å². The van der Waals surface area contributed by atoms with E-state index in [0.29, 0.717) is 31.0 Å². The molecule has 1 aliphatic rings. The summed E-state index contributed by atoms with van der Waals surface area (Å²) in [5.41, 5.74) is 0.838. The molecule has 25 heavy (non-hydrogen) atoms. The van der Waals surface area contributed by atoms with Crippen LogP contribution in [0.25, 0.3) is 0 Å². The summed E-state index contributed by atoms with van der Waals surface area (Å²) in [5.74, 6) is -0.387. The predicted octanol–water partition coefficient (Wildman–Crippen LogP) is 0.425. The summed E-state index contributed by atoms with van der Waals surface area (Å²) in [6.07, 6.45) is 0.177. The Hall–Kier alpha value is -2.13. The van der Waals surface area contributed by atoms with Crippen molar-refractivity contribution < 1.29 is 22.7 Å². The lowest BCUT2D eigenvalue weighted by atomic mass is 10.1. The van der Waals surface area contributed by atoms with Gasteiger partial charge in [0, 0.05) is 31.3 Å². The van der Waals surface area contributed by atoms with Gasteiger partial charge in [0.2, 0.25) is 15.9 Å². The molecule has 2 amide bonds. The van der Waals surface area contributed by atoms with E-state index in [1.165, 1.54) is 0 Å². The van der Waals surface area contributed by atoms with Gasteiger partial charge in [-0.15, -0.1) is 0 Å². The Balaban J connectivity index is 2.11. The molecule has 9 heteroatoms. The molecule has 1 heterocycles. The van der Waals surface area contributed by atoms with Crippen molar-refractivity contribution in [2.75, 3.05) is 37.3 Å². The SMILES string of the molecule is CCS(=O)(=O)Nc1ccc(C(=O)N2CCOC[C@@H]2CC(=O)NC)cc1. The number of nitrogens with one attached hydrogen (secondary N) is 2. The van der Waals surface area contributed by atoms with Gasteiger partial charge in [-0.1, -0.05) is 0 Å². The summed E-state index contributed by atoms with van der Waals surface area (Å²) in [5, 5.41) is 2.55. The van der Waals surface area contributed by atoms with Gasteiger partial charge in [-0.2, -0.15) is 0 Å². The minimum Gasteiger partial charge on any atom is -0.377 e. The van der Waals surface area contributed by atoms with Crippen molar-refractivity contribution in [3.05, 3.63) is 29.8 Å². The third kappa shape index (κ3) is 5.17. The molecule has 0 saturated carbocycles. The van der Waals surface area contributed by atoms with Crippen molar-refractivity contribution in [1.29, 1.82) is 0 Å². The number of benzene rings is 1. The van der Waals surface area contributed by atoms with Gasteiger partial charge < -0.3 is 15.0 Å². The Morgan fingerprint density at radius 2 is 1.96 bits per heavy atom. The summed E-state index contributed by atoms with van der Waals surface area (Å²) in [6.45, 7) is 2.69. The van der Waals surface area contributed by atoms with Gasteiger partial charge in [-0.05, 0) is 31.2 Å². The van der Waals surface area contributed by atoms with Crippen LogP contribution >= 0.6 is 0 Å². The molecule has 1 atom stereocenters. The van der Waals surface area contributed by atoms with E-state index in [9.17, 15) is 18.0 Å². The molecule has 0 spiro atoms. The van der Waals surface area contributed by atoms with Crippen LogP contribution in [0.1, 0.15) is 23.7 Å². The summed E-state index contributed by atoms with van der Waals surface area (Å²) in [6, 6.07) is 5.92. The van der Waals surface area contributed by atoms with Crippen LogP contribution in [0.15, 0.2) is 24.3 Å². The molecule has 0 aromatic heterocycles. The van der Waals surface area contributed by atoms with E-state index in [1.54, 1.807) is 43.1 Å². The second-order valence-electron chi connectivity index (χ2n) is 5.69. The Morgan fingerprint density at radius 3 is 2.56 bits per heavy atom. The van der Waals surface area contributed by atoms with Crippen LogP contribution in [0.3, 0.4) is 0 Å². The number of rotatable bonds is 6. The molecule has 1 aliphatic heterocycles. The number of morpholine rings is 1. The highest BCUT2D eigenvalue weighted by atomic mass is 32.2. The average molecular weight is 369 g/mol. The molecule has 1 aromatic carbocycles. The monoisotopic (exact) mass is 369 g/mol. The minimum atomic E-state index is -3.36. The molecule has 0 aliphatic carbocycles. The topological polar surface area (TPSA) is 105 Å². The molecule has 0 bridgehead atoms. The molecular weight excluding hydrogens is 346 g/mol. The molecule has 0 radical (unpaired) electrons. The maximum Gasteiger partial charge on any atom is 0.254 e. The van der Waals surface area contributed by atoms with Gasteiger partial charge in [0.1, 0.15) is 0 Å². The lowest BCUT2D eigenvalue weighted by molar-refractivity contribution is -0.123. The van der Waals surface area contributed by atoms with Crippen LogP contribution in [0.4, 0.5) is 5.69 Å². The molecule has 2 N–H and O–H groups in total. The summed E-state index contributed by atoms with van der Waals surface area (Å²) < 4.78 is 31.0. The fourth-order valence-electron chi connectivity index (χ4n) is 2.51. The molecule has 0 unspecified atom stereocenters. The lowest BCUT2D eigenvalue weighted by Crippen LogP contribution is -2.50. The van der Waals surface area contributed by atoms with E-state index in [4.69, 9.17) is 4.74 Å². The Kier molecular flexibility index (Phi) is 6.38. The highest BCUT2D eigenvalue weighted by molar-refractivity contribution is 7.92.